The van der Waals surface area contributed by atoms with E-state index in [0.717, 1.165) is 16.0 Å². The molecule has 1 amide bonds. The van der Waals surface area contributed by atoms with Crippen LogP contribution in [0.1, 0.15) is 5.56 Å². The zero-order chi connectivity index (χ0) is 20.1. The van der Waals surface area contributed by atoms with Crippen molar-refractivity contribution < 1.29 is 9.53 Å². The molecule has 1 aromatic heterocycles. The van der Waals surface area contributed by atoms with E-state index in [1.54, 1.807) is 43.5 Å². The Balaban J connectivity index is 1.71. The Morgan fingerprint density at radius 2 is 1.86 bits per heavy atom. The van der Waals surface area contributed by atoms with Gasteiger partial charge >= 0.3 is 0 Å². The zero-order valence-corrected chi connectivity index (χ0v) is 16.5. The molecule has 144 valence electrons. The largest absolute Gasteiger partial charge is 0.497 e. The van der Waals surface area contributed by atoms with Gasteiger partial charge in [0, 0.05) is 28.2 Å². The maximum absolute atomic E-state index is 12.3. The average molecular weight is 418 g/mol. The van der Waals surface area contributed by atoms with Crippen LogP contribution in [0.3, 0.4) is 0 Å². The van der Waals surface area contributed by atoms with Gasteiger partial charge in [-0.2, -0.15) is 5.10 Å². The normalized spacial score (nSPS) is 10.5. The molecule has 0 radical (unpaired) electrons. The summed E-state index contributed by atoms with van der Waals surface area (Å²) in [6.07, 6.45) is 0. The molecule has 6 nitrogen and oxygen atoms in total. The molecule has 0 aliphatic heterocycles. The number of carbonyl (C=O) groups is 1. The van der Waals surface area contributed by atoms with Crippen LogP contribution in [0.25, 0.3) is 11.3 Å². The molecule has 8 heteroatoms. The monoisotopic (exact) mass is 417 g/mol. The number of carbonyl (C=O) groups excluding carboxylic acids is 1. The van der Waals surface area contributed by atoms with Crippen LogP contribution in [0.5, 0.6) is 5.75 Å². The number of ether oxygens (including phenoxy) is 1. The minimum atomic E-state index is -0.367. The van der Waals surface area contributed by atoms with E-state index in [1.807, 2.05) is 12.1 Å². The minimum absolute atomic E-state index is 0.200. The number of methoxy groups -OCH3 is 1. The summed E-state index contributed by atoms with van der Waals surface area (Å²) in [5.74, 6) is 0.355. The van der Waals surface area contributed by atoms with Crippen LogP contribution in [0.2, 0.25) is 10.0 Å². The van der Waals surface area contributed by atoms with Crippen LogP contribution in [0.15, 0.2) is 59.4 Å². The lowest BCUT2D eigenvalue weighted by molar-refractivity contribution is -0.122. The van der Waals surface area contributed by atoms with Gasteiger partial charge in [0.2, 0.25) is 5.91 Å². The van der Waals surface area contributed by atoms with E-state index in [4.69, 9.17) is 27.9 Å². The van der Waals surface area contributed by atoms with E-state index in [0.29, 0.717) is 21.3 Å². The lowest BCUT2D eigenvalue weighted by atomic mass is 10.1. The van der Waals surface area contributed by atoms with Crippen molar-refractivity contribution in [3.63, 3.8) is 0 Å². The second-order valence-electron chi connectivity index (χ2n) is 5.96. The minimum Gasteiger partial charge on any atom is -0.497 e. The molecule has 0 aliphatic rings. The number of aromatic nitrogens is 2. The van der Waals surface area contributed by atoms with Crippen LogP contribution in [0.4, 0.5) is 0 Å². The number of rotatable bonds is 6. The molecule has 0 spiro atoms. The molecule has 3 rings (SSSR count). The van der Waals surface area contributed by atoms with Gasteiger partial charge in [0.05, 0.1) is 12.8 Å². The molecule has 0 saturated carbocycles. The number of benzene rings is 2. The Morgan fingerprint density at radius 3 is 2.57 bits per heavy atom. The molecular formula is C20H17Cl2N3O3. The van der Waals surface area contributed by atoms with Gasteiger partial charge in [-0.1, -0.05) is 23.2 Å². The van der Waals surface area contributed by atoms with E-state index < -0.39 is 0 Å². The summed E-state index contributed by atoms with van der Waals surface area (Å²) in [6, 6.07) is 15.3. The molecule has 3 aromatic rings. The summed E-state index contributed by atoms with van der Waals surface area (Å²) >= 11 is 12.0. The third-order valence-electron chi connectivity index (χ3n) is 4.03. The van der Waals surface area contributed by atoms with Gasteiger partial charge in [0.1, 0.15) is 12.3 Å². The Bertz CT molecular complexity index is 1050. The summed E-state index contributed by atoms with van der Waals surface area (Å²) in [5, 5.41) is 8.03. The van der Waals surface area contributed by atoms with Gasteiger partial charge in [-0.05, 0) is 54.1 Å². The van der Waals surface area contributed by atoms with E-state index in [2.05, 4.69) is 10.4 Å². The third kappa shape index (κ3) is 4.91. The second-order valence-corrected chi connectivity index (χ2v) is 6.80. The predicted molar refractivity (Wildman–Crippen MR) is 109 cm³/mol. The molecule has 0 aliphatic carbocycles. The lowest BCUT2D eigenvalue weighted by Gasteiger charge is -2.10. The Morgan fingerprint density at radius 1 is 1.11 bits per heavy atom. The van der Waals surface area contributed by atoms with Crippen LogP contribution in [-0.4, -0.2) is 22.8 Å². The fourth-order valence-corrected chi connectivity index (χ4v) is 2.92. The van der Waals surface area contributed by atoms with Crippen LogP contribution in [-0.2, 0) is 17.9 Å². The van der Waals surface area contributed by atoms with Crippen LogP contribution >= 0.6 is 23.2 Å². The molecule has 1 heterocycles. The van der Waals surface area contributed by atoms with Crippen molar-refractivity contribution in [2.75, 3.05) is 7.11 Å². The summed E-state index contributed by atoms with van der Waals surface area (Å²) in [6.45, 7) is -0.00778. The summed E-state index contributed by atoms with van der Waals surface area (Å²) < 4.78 is 6.25. The maximum atomic E-state index is 12.3. The third-order valence-corrected chi connectivity index (χ3v) is 4.63. The van der Waals surface area contributed by atoms with Crippen molar-refractivity contribution in [2.45, 2.75) is 13.1 Å². The standard InChI is InChI=1S/C20H17Cl2N3O3/c1-28-16-5-2-13(3-6-16)18-8-9-20(27)25(24-18)12-19(26)23-11-14-10-15(21)4-7-17(14)22/h2-10H,11-12H2,1H3,(H,23,26). The average Bonchev–Trinajstić information content (AvgIpc) is 2.70. The number of nitrogens with zero attached hydrogens (tertiary/aromatic N) is 2. The Labute approximate surface area is 171 Å². The highest BCUT2D eigenvalue weighted by atomic mass is 35.5. The van der Waals surface area contributed by atoms with E-state index in [-0.39, 0.29) is 24.6 Å². The molecule has 2 aromatic carbocycles. The topological polar surface area (TPSA) is 73.2 Å². The highest BCUT2D eigenvalue weighted by molar-refractivity contribution is 6.33. The molecule has 0 bridgehead atoms. The van der Waals surface area contributed by atoms with E-state index in [9.17, 15) is 9.59 Å². The first-order valence-corrected chi connectivity index (χ1v) is 9.15. The molecule has 28 heavy (non-hydrogen) atoms. The highest BCUT2D eigenvalue weighted by Crippen LogP contribution is 2.21. The number of nitrogens with one attached hydrogen (secondary N) is 1. The smallest absolute Gasteiger partial charge is 0.267 e. The summed E-state index contributed by atoms with van der Waals surface area (Å²) in [5.41, 5.74) is 1.71. The maximum Gasteiger partial charge on any atom is 0.267 e. The number of hydrogen-bond donors (Lipinski definition) is 1. The SMILES string of the molecule is COc1ccc(-c2ccc(=O)n(CC(=O)NCc3cc(Cl)ccc3Cl)n2)cc1. The lowest BCUT2D eigenvalue weighted by Crippen LogP contribution is -2.33. The van der Waals surface area contributed by atoms with Gasteiger partial charge in [-0.3, -0.25) is 9.59 Å². The molecular weight excluding hydrogens is 401 g/mol. The quantitative estimate of drug-likeness (QED) is 0.665. The van der Waals surface area contributed by atoms with Gasteiger partial charge in [-0.15, -0.1) is 0 Å². The van der Waals surface area contributed by atoms with Crippen molar-refractivity contribution in [1.29, 1.82) is 0 Å². The first-order chi connectivity index (χ1) is 13.5. The molecule has 1 N–H and O–H groups in total. The number of hydrogen-bond acceptors (Lipinski definition) is 4. The Kier molecular flexibility index (Phi) is 6.34. The first kappa shape index (κ1) is 19.9. The fraction of sp³-hybridized carbons (Fsp3) is 0.150. The second kappa shape index (κ2) is 8.91. The number of amides is 1. The van der Waals surface area contributed by atoms with Gasteiger partial charge < -0.3 is 10.1 Å². The van der Waals surface area contributed by atoms with E-state index in [1.165, 1.54) is 6.07 Å². The summed E-state index contributed by atoms with van der Waals surface area (Å²) in [7, 11) is 1.59. The molecule has 0 atom stereocenters. The molecule has 0 unspecified atom stereocenters. The van der Waals surface area contributed by atoms with Crippen LogP contribution < -0.4 is 15.6 Å². The highest BCUT2D eigenvalue weighted by Gasteiger charge is 2.09. The zero-order valence-electron chi connectivity index (χ0n) is 15.0. The number of halogens is 2. The van der Waals surface area contributed by atoms with Crippen molar-refractivity contribution in [2.24, 2.45) is 0 Å². The Hall–Kier alpha value is -2.83. The van der Waals surface area contributed by atoms with Crippen molar-refractivity contribution >= 4 is 29.1 Å². The summed E-state index contributed by atoms with van der Waals surface area (Å²) in [4.78, 5) is 24.3. The molecule has 0 fully saturated rings. The van der Waals surface area contributed by atoms with Crippen molar-refractivity contribution in [1.82, 2.24) is 15.1 Å². The van der Waals surface area contributed by atoms with Gasteiger partial charge in [0.15, 0.2) is 0 Å². The van der Waals surface area contributed by atoms with Gasteiger partial charge in [-0.25, -0.2) is 4.68 Å². The van der Waals surface area contributed by atoms with E-state index >= 15 is 0 Å². The molecule has 0 saturated heterocycles. The van der Waals surface area contributed by atoms with Gasteiger partial charge in [0.25, 0.3) is 5.56 Å². The predicted octanol–water partition coefficient (Wildman–Crippen LogP) is 3.54. The fourth-order valence-electron chi connectivity index (χ4n) is 2.54. The first-order valence-electron chi connectivity index (χ1n) is 8.39. The van der Waals surface area contributed by atoms with Crippen LogP contribution in [0, 0.1) is 0 Å². The van der Waals surface area contributed by atoms with Crippen molar-refractivity contribution in [3.05, 3.63) is 80.6 Å². The van der Waals surface area contributed by atoms with Crippen molar-refractivity contribution in [3.8, 4) is 17.0 Å².